The number of para-hydroxylation sites is 1. The van der Waals surface area contributed by atoms with Crippen molar-refractivity contribution in [3.05, 3.63) is 137 Å². The number of hydrogen-bond acceptors (Lipinski definition) is 3. The molecule has 1 atom stereocenters. The van der Waals surface area contributed by atoms with Crippen LogP contribution in [0.5, 0.6) is 0 Å². The lowest BCUT2D eigenvalue weighted by atomic mass is 9.93. The summed E-state index contributed by atoms with van der Waals surface area (Å²) in [5.74, 6) is -0.557. The SMILES string of the molecule is O=C(Nc1ccccc1Cc1ccccc1)c1ccc2c(c1)C[C@H](c1ccccc1)OC2=O. The Labute approximate surface area is 192 Å². The molecule has 1 aliphatic rings. The summed E-state index contributed by atoms with van der Waals surface area (Å²) in [7, 11) is 0. The van der Waals surface area contributed by atoms with Crippen LogP contribution < -0.4 is 5.32 Å². The average Bonchev–Trinajstić information content (AvgIpc) is 2.86. The van der Waals surface area contributed by atoms with E-state index < -0.39 is 0 Å². The monoisotopic (exact) mass is 433 g/mol. The molecule has 4 heteroatoms. The van der Waals surface area contributed by atoms with Crippen molar-refractivity contribution in [1.82, 2.24) is 0 Å². The van der Waals surface area contributed by atoms with Crippen molar-refractivity contribution >= 4 is 17.6 Å². The maximum absolute atomic E-state index is 13.1. The number of amides is 1. The van der Waals surface area contributed by atoms with Gasteiger partial charge < -0.3 is 10.1 Å². The van der Waals surface area contributed by atoms with E-state index in [4.69, 9.17) is 4.74 Å². The molecule has 162 valence electrons. The highest BCUT2D eigenvalue weighted by Crippen LogP contribution is 2.31. The highest BCUT2D eigenvalue weighted by atomic mass is 16.5. The fourth-order valence-corrected chi connectivity index (χ4v) is 4.20. The molecule has 0 spiro atoms. The van der Waals surface area contributed by atoms with Gasteiger partial charge in [0.2, 0.25) is 0 Å². The van der Waals surface area contributed by atoms with Crippen LogP contribution in [0, 0.1) is 0 Å². The number of esters is 1. The van der Waals surface area contributed by atoms with Crippen LogP contribution in [0.4, 0.5) is 5.69 Å². The van der Waals surface area contributed by atoms with E-state index >= 15 is 0 Å². The van der Waals surface area contributed by atoms with Crippen molar-refractivity contribution in [2.75, 3.05) is 5.32 Å². The molecule has 0 unspecified atom stereocenters. The van der Waals surface area contributed by atoms with Gasteiger partial charge in [-0.05, 0) is 52.9 Å². The van der Waals surface area contributed by atoms with Crippen LogP contribution in [0.2, 0.25) is 0 Å². The maximum Gasteiger partial charge on any atom is 0.339 e. The van der Waals surface area contributed by atoms with Crippen LogP contribution in [-0.2, 0) is 17.6 Å². The number of benzene rings is 4. The van der Waals surface area contributed by atoms with Crippen LogP contribution in [-0.4, -0.2) is 11.9 Å². The van der Waals surface area contributed by atoms with E-state index in [1.165, 1.54) is 5.56 Å². The third-order valence-corrected chi connectivity index (χ3v) is 5.92. The van der Waals surface area contributed by atoms with E-state index in [1.54, 1.807) is 18.2 Å². The second-order valence-corrected chi connectivity index (χ2v) is 8.15. The third kappa shape index (κ3) is 4.55. The zero-order valence-electron chi connectivity index (χ0n) is 18.0. The fraction of sp³-hybridized carbons (Fsp3) is 0.103. The number of anilines is 1. The summed E-state index contributed by atoms with van der Waals surface area (Å²) >= 11 is 0. The van der Waals surface area contributed by atoms with Crippen LogP contribution in [0.15, 0.2) is 103 Å². The van der Waals surface area contributed by atoms with E-state index in [2.05, 4.69) is 17.4 Å². The van der Waals surface area contributed by atoms with E-state index in [-0.39, 0.29) is 18.0 Å². The third-order valence-electron chi connectivity index (χ3n) is 5.92. The van der Waals surface area contributed by atoms with Gasteiger partial charge in [-0.2, -0.15) is 0 Å². The van der Waals surface area contributed by atoms with Crippen LogP contribution in [0.25, 0.3) is 0 Å². The largest absolute Gasteiger partial charge is 0.454 e. The van der Waals surface area contributed by atoms with E-state index in [0.29, 0.717) is 17.5 Å². The Bertz CT molecular complexity index is 1300. The highest BCUT2D eigenvalue weighted by molar-refractivity contribution is 6.05. The minimum absolute atomic E-state index is 0.200. The molecule has 0 saturated heterocycles. The van der Waals surface area contributed by atoms with Gasteiger partial charge in [-0.1, -0.05) is 78.9 Å². The summed E-state index contributed by atoms with van der Waals surface area (Å²) in [5, 5.41) is 3.05. The van der Waals surface area contributed by atoms with Crippen molar-refractivity contribution in [3.8, 4) is 0 Å². The molecular weight excluding hydrogens is 410 g/mol. The minimum Gasteiger partial charge on any atom is -0.454 e. The van der Waals surface area contributed by atoms with Gasteiger partial charge in [0, 0.05) is 17.7 Å². The lowest BCUT2D eigenvalue weighted by Gasteiger charge is -2.25. The van der Waals surface area contributed by atoms with Gasteiger partial charge >= 0.3 is 5.97 Å². The number of rotatable bonds is 5. The molecule has 0 saturated carbocycles. The first-order valence-corrected chi connectivity index (χ1v) is 11.0. The van der Waals surface area contributed by atoms with Crippen molar-refractivity contribution < 1.29 is 14.3 Å². The van der Waals surface area contributed by atoms with Crippen molar-refractivity contribution in [1.29, 1.82) is 0 Å². The fourth-order valence-electron chi connectivity index (χ4n) is 4.20. The topological polar surface area (TPSA) is 55.4 Å². The quantitative estimate of drug-likeness (QED) is 0.394. The standard InChI is InChI=1S/C29H23NO3/c31-28(30-26-14-8-7-13-22(26)17-20-9-3-1-4-10-20)23-15-16-25-24(18-23)19-27(33-29(25)32)21-11-5-2-6-12-21/h1-16,18,27H,17,19H2,(H,30,31)/t27-/m1/s1. The molecule has 5 rings (SSSR count). The number of nitrogens with one attached hydrogen (secondary N) is 1. The first kappa shape index (κ1) is 20.7. The highest BCUT2D eigenvalue weighted by Gasteiger charge is 2.28. The molecule has 4 aromatic carbocycles. The van der Waals surface area contributed by atoms with Gasteiger partial charge in [-0.25, -0.2) is 4.79 Å². The summed E-state index contributed by atoms with van der Waals surface area (Å²) in [6, 6.07) is 32.8. The van der Waals surface area contributed by atoms with Gasteiger partial charge in [0.05, 0.1) is 5.56 Å². The van der Waals surface area contributed by atoms with Gasteiger partial charge in [-0.15, -0.1) is 0 Å². The van der Waals surface area contributed by atoms with Crippen LogP contribution >= 0.6 is 0 Å². The molecule has 1 aliphatic heterocycles. The predicted octanol–water partition coefficient (Wildman–Crippen LogP) is 5.98. The molecule has 0 bridgehead atoms. The first-order chi connectivity index (χ1) is 16.2. The second kappa shape index (κ2) is 9.13. The van der Waals surface area contributed by atoms with E-state index in [9.17, 15) is 9.59 Å². The molecule has 1 amide bonds. The minimum atomic E-state index is -0.356. The summed E-state index contributed by atoms with van der Waals surface area (Å²) < 4.78 is 5.63. The number of carbonyl (C=O) groups excluding carboxylic acids is 2. The Morgan fingerprint density at radius 1 is 0.848 bits per heavy atom. The number of fused-ring (bicyclic) bond motifs is 1. The van der Waals surface area contributed by atoms with Gasteiger partial charge in [0.1, 0.15) is 6.10 Å². The molecular formula is C29H23NO3. The van der Waals surface area contributed by atoms with Crippen molar-refractivity contribution in [3.63, 3.8) is 0 Å². The molecule has 0 aromatic heterocycles. The van der Waals surface area contributed by atoms with Gasteiger partial charge in [-0.3, -0.25) is 4.79 Å². The zero-order chi connectivity index (χ0) is 22.6. The number of ether oxygens (including phenoxy) is 1. The molecule has 0 radical (unpaired) electrons. The maximum atomic E-state index is 13.1. The summed E-state index contributed by atoms with van der Waals surface area (Å²) in [5.41, 5.74) is 5.81. The van der Waals surface area contributed by atoms with Crippen LogP contribution in [0.3, 0.4) is 0 Å². The van der Waals surface area contributed by atoms with Crippen molar-refractivity contribution in [2.24, 2.45) is 0 Å². The molecule has 0 aliphatic carbocycles. The van der Waals surface area contributed by atoms with E-state index in [1.807, 2.05) is 72.8 Å². The Morgan fingerprint density at radius 3 is 2.33 bits per heavy atom. The Hall–Kier alpha value is -4.18. The summed E-state index contributed by atoms with van der Waals surface area (Å²) in [6.45, 7) is 0. The lowest BCUT2D eigenvalue weighted by molar-refractivity contribution is 0.0252. The summed E-state index contributed by atoms with van der Waals surface area (Å²) in [6.07, 6.45) is 0.916. The van der Waals surface area contributed by atoms with Crippen molar-refractivity contribution in [2.45, 2.75) is 18.9 Å². The normalized spacial score (nSPS) is 14.8. The van der Waals surface area contributed by atoms with Crippen LogP contribution in [0.1, 0.15) is 49.1 Å². The molecule has 0 fully saturated rings. The molecule has 33 heavy (non-hydrogen) atoms. The molecule has 4 nitrogen and oxygen atoms in total. The number of cyclic esters (lactones) is 1. The van der Waals surface area contributed by atoms with E-state index in [0.717, 1.165) is 28.8 Å². The molecule has 1 heterocycles. The number of carbonyl (C=O) groups is 2. The van der Waals surface area contributed by atoms with Gasteiger partial charge in [0.25, 0.3) is 5.91 Å². The smallest absolute Gasteiger partial charge is 0.339 e. The lowest BCUT2D eigenvalue weighted by Crippen LogP contribution is -2.23. The summed E-state index contributed by atoms with van der Waals surface area (Å²) in [4.78, 5) is 25.6. The molecule has 4 aromatic rings. The Morgan fingerprint density at radius 2 is 1.55 bits per heavy atom. The Balaban J connectivity index is 1.37. The first-order valence-electron chi connectivity index (χ1n) is 11.0. The molecule has 1 N–H and O–H groups in total. The number of hydrogen-bond donors (Lipinski definition) is 1. The van der Waals surface area contributed by atoms with Gasteiger partial charge in [0.15, 0.2) is 0 Å². The predicted molar refractivity (Wildman–Crippen MR) is 128 cm³/mol. The Kier molecular flexibility index (Phi) is 5.73. The second-order valence-electron chi connectivity index (χ2n) is 8.15. The average molecular weight is 434 g/mol. The zero-order valence-corrected chi connectivity index (χ0v) is 18.0.